The Morgan fingerprint density at radius 1 is 1.11 bits per heavy atom. The molecule has 0 aromatic carbocycles. The van der Waals surface area contributed by atoms with Crippen LogP contribution in [0.15, 0.2) is 11.6 Å². The third kappa shape index (κ3) is 3.63. The lowest BCUT2D eigenvalue weighted by molar-refractivity contribution is -0.0402. The first-order valence-electron chi connectivity index (χ1n) is 12.7. The molecule has 3 saturated carbocycles. The Balaban J connectivity index is 1.47. The van der Waals surface area contributed by atoms with Gasteiger partial charge in [0, 0.05) is 0 Å². The molecule has 28 heavy (non-hydrogen) atoms. The van der Waals surface area contributed by atoms with Gasteiger partial charge in [-0.3, -0.25) is 0 Å². The van der Waals surface area contributed by atoms with Crippen LogP contribution in [0.1, 0.15) is 98.8 Å². The molecule has 4 rings (SSSR count). The van der Waals surface area contributed by atoms with E-state index in [0.717, 1.165) is 54.3 Å². The van der Waals surface area contributed by atoms with E-state index in [1.165, 1.54) is 51.4 Å². The van der Waals surface area contributed by atoms with Crippen LogP contribution in [0.2, 0.25) is 0 Å². The summed E-state index contributed by atoms with van der Waals surface area (Å²) in [4.78, 5) is 0. The molecule has 0 saturated heterocycles. The predicted molar refractivity (Wildman–Crippen MR) is 119 cm³/mol. The zero-order valence-corrected chi connectivity index (χ0v) is 19.3. The molecule has 0 aliphatic heterocycles. The number of aliphatic hydroxyl groups excluding tert-OH is 1. The lowest BCUT2D eigenvalue weighted by atomic mass is 9.50. The molecule has 1 heteroatoms. The molecule has 1 N–H and O–H groups in total. The number of fused-ring (bicyclic) bond motifs is 5. The van der Waals surface area contributed by atoms with Gasteiger partial charge in [0.15, 0.2) is 0 Å². The standard InChI is InChI=1S/C27H46O/c1-17(2)7-6-8-18(3)24-11-12-25-22-10-9-20-16-21(28)15-19(4)26(20)23(22)13-14-27(24,25)5/h9,17-19,21-26,28H,6-8,10-16H2,1-5H3. The largest absolute Gasteiger partial charge is 0.393 e. The maximum Gasteiger partial charge on any atom is 0.0580 e. The second-order valence-corrected chi connectivity index (χ2v) is 12.1. The van der Waals surface area contributed by atoms with Crippen molar-refractivity contribution >= 4 is 0 Å². The molecule has 0 heterocycles. The summed E-state index contributed by atoms with van der Waals surface area (Å²) in [6.45, 7) is 12.4. The van der Waals surface area contributed by atoms with Gasteiger partial charge in [0.1, 0.15) is 0 Å². The van der Waals surface area contributed by atoms with Crippen LogP contribution in [0, 0.1) is 52.8 Å². The van der Waals surface area contributed by atoms with Gasteiger partial charge in [-0.25, -0.2) is 0 Å². The average molecular weight is 387 g/mol. The Morgan fingerprint density at radius 2 is 1.89 bits per heavy atom. The summed E-state index contributed by atoms with van der Waals surface area (Å²) in [5.41, 5.74) is 2.23. The fraction of sp³-hybridized carbons (Fsp3) is 0.926. The second-order valence-electron chi connectivity index (χ2n) is 12.1. The monoisotopic (exact) mass is 386 g/mol. The molecule has 4 aliphatic carbocycles. The van der Waals surface area contributed by atoms with E-state index in [2.05, 4.69) is 40.7 Å². The maximum absolute atomic E-state index is 10.3. The van der Waals surface area contributed by atoms with Crippen molar-refractivity contribution in [1.82, 2.24) is 0 Å². The Labute approximate surface area is 174 Å². The van der Waals surface area contributed by atoms with E-state index in [1.54, 1.807) is 5.57 Å². The summed E-state index contributed by atoms with van der Waals surface area (Å²) in [6, 6.07) is 0. The summed E-state index contributed by atoms with van der Waals surface area (Å²) >= 11 is 0. The van der Waals surface area contributed by atoms with Gasteiger partial charge >= 0.3 is 0 Å². The van der Waals surface area contributed by atoms with Crippen molar-refractivity contribution in [3.05, 3.63) is 11.6 Å². The van der Waals surface area contributed by atoms with Gasteiger partial charge in [0.05, 0.1) is 6.10 Å². The Bertz CT molecular complexity index is 577. The Kier molecular flexibility index (Phi) is 6.05. The van der Waals surface area contributed by atoms with Crippen molar-refractivity contribution < 1.29 is 5.11 Å². The summed E-state index contributed by atoms with van der Waals surface area (Å²) in [7, 11) is 0. The van der Waals surface area contributed by atoms with Crippen LogP contribution in [-0.2, 0) is 0 Å². The molecule has 0 spiro atoms. The van der Waals surface area contributed by atoms with Crippen molar-refractivity contribution in [3.8, 4) is 0 Å². The van der Waals surface area contributed by atoms with Crippen molar-refractivity contribution in [2.75, 3.05) is 0 Å². The molecular formula is C27H46O. The number of allylic oxidation sites excluding steroid dienone is 1. The summed E-state index contributed by atoms with van der Waals surface area (Å²) in [6.07, 6.45) is 16.0. The number of aliphatic hydroxyl groups is 1. The molecular weight excluding hydrogens is 340 g/mol. The van der Waals surface area contributed by atoms with Gasteiger partial charge in [-0.05, 0) is 97.7 Å². The zero-order valence-electron chi connectivity index (χ0n) is 19.3. The quantitative estimate of drug-likeness (QED) is 0.493. The van der Waals surface area contributed by atoms with Gasteiger partial charge in [-0.2, -0.15) is 0 Å². The van der Waals surface area contributed by atoms with E-state index < -0.39 is 0 Å². The SMILES string of the molecule is CC(C)CCCC(C)C1CCC2C3CC=C4CC(O)CC(C)C4C3CCC12C. The highest BCUT2D eigenvalue weighted by atomic mass is 16.3. The van der Waals surface area contributed by atoms with E-state index in [1.807, 2.05) is 0 Å². The molecule has 4 aliphatic rings. The Hall–Kier alpha value is -0.300. The van der Waals surface area contributed by atoms with Crippen LogP contribution >= 0.6 is 0 Å². The van der Waals surface area contributed by atoms with Crippen molar-refractivity contribution in [2.24, 2.45) is 52.8 Å². The maximum atomic E-state index is 10.3. The normalized spacial score (nSPS) is 46.5. The number of rotatable bonds is 5. The molecule has 0 aromatic heterocycles. The zero-order chi connectivity index (χ0) is 20.1. The third-order valence-corrected chi connectivity index (χ3v) is 9.96. The first kappa shape index (κ1) is 21.0. The van der Waals surface area contributed by atoms with Crippen LogP contribution in [0.25, 0.3) is 0 Å². The minimum Gasteiger partial charge on any atom is -0.393 e. The van der Waals surface area contributed by atoms with Crippen LogP contribution in [0.5, 0.6) is 0 Å². The lowest BCUT2D eigenvalue weighted by Gasteiger charge is -2.55. The van der Waals surface area contributed by atoms with Crippen molar-refractivity contribution in [1.29, 1.82) is 0 Å². The number of hydrogen-bond donors (Lipinski definition) is 1. The van der Waals surface area contributed by atoms with Crippen LogP contribution in [0.4, 0.5) is 0 Å². The molecule has 9 unspecified atom stereocenters. The Morgan fingerprint density at radius 3 is 2.64 bits per heavy atom. The average Bonchev–Trinajstić information content (AvgIpc) is 2.98. The highest BCUT2D eigenvalue weighted by Gasteiger charge is 2.57. The lowest BCUT2D eigenvalue weighted by Crippen LogP contribution is -2.48. The molecule has 160 valence electrons. The topological polar surface area (TPSA) is 20.2 Å². The van der Waals surface area contributed by atoms with Crippen LogP contribution in [-0.4, -0.2) is 11.2 Å². The van der Waals surface area contributed by atoms with E-state index >= 15 is 0 Å². The minimum absolute atomic E-state index is 0.0783. The molecule has 1 nitrogen and oxygen atoms in total. The number of hydrogen-bond acceptors (Lipinski definition) is 1. The molecule has 0 radical (unpaired) electrons. The molecule has 9 atom stereocenters. The van der Waals surface area contributed by atoms with E-state index in [4.69, 9.17) is 0 Å². The van der Waals surface area contributed by atoms with E-state index in [9.17, 15) is 5.11 Å². The smallest absolute Gasteiger partial charge is 0.0580 e. The fourth-order valence-electron chi connectivity index (χ4n) is 8.76. The summed E-state index contributed by atoms with van der Waals surface area (Å²) in [5.74, 6) is 6.99. The fourth-order valence-corrected chi connectivity index (χ4v) is 8.76. The van der Waals surface area contributed by atoms with Crippen LogP contribution < -0.4 is 0 Å². The first-order chi connectivity index (χ1) is 13.3. The highest BCUT2D eigenvalue weighted by molar-refractivity contribution is 5.21. The molecule has 0 bridgehead atoms. The summed E-state index contributed by atoms with van der Waals surface area (Å²) < 4.78 is 0. The van der Waals surface area contributed by atoms with Gasteiger partial charge in [0.25, 0.3) is 0 Å². The summed E-state index contributed by atoms with van der Waals surface area (Å²) in [5, 5.41) is 10.3. The molecule has 0 aromatic rings. The highest BCUT2D eigenvalue weighted by Crippen LogP contribution is 2.65. The van der Waals surface area contributed by atoms with Gasteiger partial charge in [0.2, 0.25) is 0 Å². The minimum atomic E-state index is -0.0783. The van der Waals surface area contributed by atoms with Gasteiger partial charge in [-0.15, -0.1) is 0 Å². The predicted octanol–water partition coefficient (Wildman–Crippen LogP) is 7.24. The van der Waals surface area contributed by atoms with Gasteiger partial charge < -0.3 is 5.11 Å². The van der Waals surface area contributed by atoms with Crippen LogP contribution in [0.3, 0.4) is 0 Å². The van der Waals surface area contributed by atoms with E-state index in [0.29, 0.717) is 11.3 Å². The van der Waals surface area contributed by atoms with Gasteiger partial charge in [-0.1, -0.05) is 65.5 Å². The third-order valence-electron chi connectivity index (χ3n) is 9.96. The van der Waals surface area contributed by atoms with Crippen molar-refractivity contribution in [2.45, 2.75) is 105 Å². The molecule has 0 amide bonds. The second kappa shape index (κ2) is 8.09. The first-order valence-corrected chi connectivity index (χ1v) is 12.7. The van der Waals surface area contributed by atoms with E-state index in [-0.39, 0.29) is 6.10 Å². The molecule has 3 fully saturated rings. The van der Waals surface area contributed by atoms with Crippen molar-refractivity contribution in [3.63, 3.8) is 0 Å².